The molecule has 1 aliphatic heterocycles. The summed E-state index contributed by atoms with van der Waals surface area (Å²) >= 11 is 1.53. The zero-order chi connectivity index (χ0) is 29.4. The molecule has 2 heterocycles. The second-order valence-electron chi connectivity index (χ2n) is 10.7. The van der Waals surface area contributed by atoms with Crippen LogP contribution in [0.5, 0.6) is 11.5 Å². The van der Waals surface area contributed by atoms with Crippen LogP contribution in [0.1, 0.15) is 40.3 Å². The molecule has 0 unspecified atom stereocenters. The van der Waals surface area contributed by atoms with Crippen LogP contribution >= 0.6 is 11.8 Å². The summed E-state index contributed by atoms with van der Waals surface area (Å²) in [5.74, 6) is 1.75. The van der Waals surface area contributed by atoms with Gasteiger partial charge in [-0.1, -0.05) is 48.5 Å². The molecule has 0 radical (unpaired) electrons. The first-order valence-corrected chi connectivity index (χ1v) is 15.1. The molecule has 8 nitrogen and oxygen atoms in total. The first-order valence-electron chi connectivity index (χ1n) is 14.1. The molecule has 1 aromatic heterocycles. The first kappa shape index (κ1) is 27.9. The number of nitrogens with one attached hydrogen (secondary N) is 1. The Bertz CT molecular complexity index is 1650. The van der Waals surface area contributed by atoms with Crippen LogP contribution in [0.25, 0.3) is 16.9 Å². The summed E-state index contributed by atoms with van der Waals surface area (Å²) in [7, 11) is 3.23. The highest BCUT2D eigenvalue weighted by Crippen LogP contribution is 2.49. The van der Waals surface area contributed by atoms with Crippen LogP contribution in [0, 0.1) is 13.8 Å². The number of aryl methyl sites for hydroxylation is 1. The lowest BCUT2D eigenvalue weighted by Gasteiger charge is -2.24. The van der Waals surface area contributed by atoms with Gasteiger partial charge in [-0.3, -0.25) is 14.5 Å². The van der Waals surface area contributed by atoms with Crippen LogP contribution in [0.4, 0.5) is 5.82 Å². The number of hydrogen-bond acceptors (Lipinski definition) is 6. The highest BCUT2D eigenvalue weighted by atomic mass is 32.2. The van der Waals surface area contributed by atoms with Gasteiger partial charge in [-0.15, -0.1) is 11.8 Å². The minimum Gasteiger partial charge on any atom is -0.493 e. The maximum absolute atomic E-state index is 13.9. The van der Waals surface area contributed by atoms with Crippen molar-refractivity contribution in [2.45, 2.75) is 38.0 Å². The van der Waals surface area contributed by atoms with E-state index in [4.69, 9.17) is 14.6 Å². The third kappa shape index (κ3) is 5.25. The number of nitrogens with zero attached hydrogens (tertiary/aromatic N) is 3. The van der Waals surface area contributed by atoms with E-state index in [0.717, 1.165) is 52.0 Å². The number of hydrogen-bond donors (Lipinski definition) is 1. The maximum atomic E-state index is 13.9. The Morgan fingerprint density at radius 2 is 1.76 bits per heavy atom. The smallest absolute Gasteiger partial charge is 0.240 e. The van der Waals surface area contributed by atoms with Gasteiger partial charge in [-0.2, -0.15) is 5.10 Å². The molecular weight excluding hydrogens is 548 g/mol. The Labute approximate surface area is 250 Å². The molecule has 4 aromatic rings. The van der Waals surface area contributed by atoms with Gasteiger partial charge in [0.15, 0.2) is 11.5 Å². The molecule has 216 valence electrons. The fraction of sp³-hybridized carbons (Fsp3) is 0.303. The number of thioether (sulfide) groups is 1. The number of carbonyl (C=O) groups excluding carboxylic acids is 2. The van der Waals surface area contributed by atoms with Gasteiger partial charge >= 0.3 is 0 Å². The number of ether oxygens (including phenoxy) is 2. The molecule has 9 heteroatoms. The summed E-state index contributed by atoms with van der Waals surface area (Å²) in [5, 5.41) is 8.01. The molecule has 6 rings (SSSR count). The van der Waals surface area contributed by atoms with Crippen LogP contribution in [-0.2, 0) is 9.59 Å². The second-order valence-corrected chi connectivity index (χ2v) is 11.8. The molecule has 1 saturated carbocycles. The fourth-order valence-electron chi connectivity index (χ4n) is 5.39. The zero-order valence-electron chi connectivity index (χ0n) is 24.2. The Kier molecular flexibility index (Phi) is 7.68. The minimum absolute atomic E-state index is 0.0771. The summed E-state index contributed by atoms with van der Waals surface area (Å²) < 4.78 is 13.0. The molecule has 1 atom stereocenters. The van der Waals surface area contributed by atoms with E-state index in [1.165, 1.54) is 11.8 Å². The molecule has 0 bridgehead atoms. The number of aromatic nitrogens is 2. The molecule has 3 aromatic carbocycles. The van der Waals surface area contributed by atoms with E-state index < -0.39 is 0 Å². The van der Waals surface area contributed by atoms with Gasteiger partial charge in [0.25, 0.3) is 0 Å². The van der Waals surface area contributed by atoms with Crippen LogP contribution in [0.2, 0.25) is 0 Å². The lowest BCUT2D eigenvalue weighted by molar-refractivity contribution is -0.123. The van der Waals surface area contributed by atoms with Gasteiger partial charge in [-0.25, -0.2) is 4.68 Å². The molecule has 1 fully saturated rings. The molecule has 2 amide bonds. The summed E-state index contributed by atoms with van der Waals surface area (Å²) in [6.45, 7) is 4.05. The van der Waals surface area contributed by atoms with Gasteiger partial charge in [0.05, 0.1) is 36.6 Å². The average Bonchev–Trinajstić information content (AvgIpc) is 3.76. The zero-order valence-corrected chi connectivity index (χ0v) is 25.0. The van der Waals surface area contributed by atoms with Crippen molar-refractivity contribution in [1.29, 1.82) is 0 Å². The molecule has 0 saturated heterocycles. The molecule has 1 N–H and O–H groups in total. The van der Waals surface area contributed by atoms with E-state index in [0.29, 0.717) is 17.3 Å². The van der Waals surface area contributed by atoms with Gasteiger partial charge in [0.1, 0.15) is 12.4 Å². The highest BCUT2D eigenvalue weighted by molar-refractivity contribution is 8.00. The summed E-state index contributed by atoms with van der Waals surface area (Å²) in [4.78, 5) is 28.8. The standard InChI is InChI=1S/C33H34N4O4S/c1-20-9-8-12-25(21(20)2)37-33-30(31(35-37)22-10-6-5-7-11-22)32(23-13-16-26(40-3)27(17-23)41-4)42-19-29(39)36(33)18-28(38)34-24-14-15-24/h5-13,16-17,24,32H,14-15,18-19H2,1-4H3,(H,34,38)/t32-/m0/s1. The highest BCUT2D eigenvalue weighted by Gasteiger charge is 2.38. The van der Waals surface area contributed by atoms with Crippen molar-refractivity contribution in [1.82, 2.24) is 15.1 Å². The van der Waals surface area contributed by atoms with E-state index in [2.05, 4.69) is 25.2 Å². The monoisotopic (exact) mass is 582 g/mol. The largest absolute Gasteiger partial charge is 0.493 e. The minimum atomic E-state index is -0.269. The van der Waals surface area contributed by atoms with E-state index in [1.54, 1.807) is 19.1 Å². The lowest BCUT2D eigenvalue weighted by Crippen LogP contribution is -2.43. The van der Waals surface area contributed by atoms with E-state index in [9.17, 15) is 9.59 Å². The Morgan fingerprint density at radius 1 is 1.00 bits per heavy atom. The van der Waals surface area contributed by atoms with Crippen molar-refractivity contribution in [2.24, 2.45) is 0 Å². The van der Waals surface area contributed by atoms with Crippen LogP contribution in [-0.4, -0.2) is 54.2 Å². The third-order valence-corrected chi connectivity index (χ3v) is 9.15. The number of benzene rings is 3. The fourth-order valence-corrected chi connectivity index (χ4v) is 6.57. The number of fused-ring (bicyclic) bond motifs is 1. The number of carbonyl (C=O) groups is 2. The van der Waals surface area contributed by atoms with Crippen molar-refractivity contribution in [3.8, 4) is 28.4 Å². The molecule has 42 heavy (non-hydrogen) atoms. The quantitative estimate of drug-likeness (QED) is 0.290. The molecule has 2 aliphatic rings. The molecular formula is C33H34N4O4S. The van der Waals surface area contributed by atoms with Crippen LogP contribution in [0.3, 0.4) is 0 Å². The predicted octanol–water partition coefficient (Wildman–Crippen LogP) is 5.62. The second kappa shape index (κ2) is 11.6. The average molecular weight is 583 g/mol. The van der Waals surface area contributed by atoms with Crippen molar-refractivity contribution in [2.75, 3.05) is 31.4 Å². The molecule has 1 aliphatic carbocycles. The van der Waals surface area contributed by atoms with E-state index >= 15 is 0 Å². The Hall–Kier alpha value is -4.24. The number of methoxy groups -OCH3 is 2. The first-order chi connectivity index (χ1) is 20.4. The van der Waals surface area contributed by atoms with E-state index in [1.807, 2.05) is 65.3 Å². The Balaban J connectivity index is 1.63. The van der Waals surface area contributed by atoms with Gasteiger partial charge in [0.2, 0.25) is 11.8 Å². The third-order valence-electron chi connectivity index (χ3n) is 7.90. The predicted molar refractivity (Wildman–Crippen MR) is 166 cm³/mol. The number of amides is 2. The van der Waals surface area contributed by atoms with Crippen molar-refractivity contribution in [3.05, 3.63) is 89.0 Å². The van der Waals surface area contributed by atoms with Gasteiger partial charge < -0.3 is 14.8 Å². The van der Waals surface area contributed by atoms with Crippen molar-refractivity contribution < 1.29 is 19.1 Å². The van der Waals surface area contributed by atoms with Gasteiger partial charge in [-0.05, 0) is 61.6 Å². The lowest BCUT2D eigenvalue weighted by atomic mass is 9.99. The van der Waals surface area contributed by atoms with Crippen molar-refractivity contribution in [3.63, 3.8) is 0 Å². The van der Waals surface area contributed by atoms with Crippen LogP contribution < -0.4 is 19.7 Å². The summed E-state index contributed by atoms with van der Waals surface area (Å²) in [5.41, 5.74) is 6.56. The SMILES string of the molecule is COc1ccc([C@@H]2SCC(=O)N(CC(=O)NC3CC3)c3c2c(-c2ccccc2)nn3-c2cccc(C)c2C)cc1OC. The number of rotatable bonds is 8. The van der Waals surface area contributed by atoms with E-state index in [-0.39, 0.29) is 35.4 Å². The maximum Gasteiger partial charge on any atom is 0.240 e. The normalized spacial score (nSPS) is 16.5. The Morgan fingerprint density at radius 3 is 2.48 bits per heavy atom. The summed E-state index contributed by atoms with van der Waals surface area (Å²) in [6.07, 6.45) is 1.95. The topological polar surface area (TPSA) is 85.7 Å². The van der Waals surface area contributed by atoms with Crippen molar-refractivity contribution >= 4 is 29.4 Å². The van der Waals surface area contributed by atoms with Gasteiger partial charge in [0, 0.05) is 17.2 Å². The molecule has 0 spiro atoms. The summed E-state index contributed by atoms with van der Waals surface area (Å²) in [6, 6.07) is 22.1. The van der Waals surface area contributed by atoms with Crippen LogP contribution in [0.15, 0.2) is 66.7 Å². The number of anilines is 1.